The topological polar surface area (TPSA) is 27.7 Å². The number of anilines is 2. The van der Waals surface area contributed by atoms with E-state index in [1.54, 1.807) is 6.07 Å². The molecular formula is C22H34FN3O. The molecule has 0 amide bonds. The van der Waals surface area contributed by atoms with Crippen molar-refractivity contribution in [1.82, 2.24) is 4.90 Å². The lowest BCUT2D eigenvalue weighted by atomic mass is 10.2. The van der Waals surface area contributed by atoms with E-state index in [1.807, 2.05) is 12.1 Å². The van der Waals surface area contributed by atoms with Gasteiger partial charge in [0, 0.05) is 38.4 Å². The van der Waals surface area contributed by atoms with Crippen molar-refractivity contribution in [2.75, 3.05) is 62.7 Å². The summed E-state index contributed by atoms with van der Waals surface area (Å²) in [5.74, 6) is 2.37. The van der Waals surface area contributed by atoms with Crippen molar-refractivity contribution < 1.29 is 9.13 Å². The third kappa shape index (κ3) is 4.57. The Morgan fingerprint density at radius 2 is 1.89 bits per heavy atom. The molecule has 3 aliphatic rings. The molecule has 4 nitrogen and oxygen atoms in total. The number of hydrogen-bond acceptors (Lipinski definition) is 4. The number of fused-ring (bicyclic) bond motifs is 1. The summed E-state index contributed by atoms with van der Waals surface area (Å²) < 4.78 is 19.9. The normalized spacial score (nSPS) is 27.6. The molecule has 150 valence electrons. The highest BCUT2D eigenvalue weighted by Crippen LogP contribution is 2.51. The molecule has 4 rings (SSSR count). The number of nitrogens with zero attached hydrogens (tertiary/aromatic N) is 2. The molecule has 2 aliphatic heterocycles. The number of unbranched alkanes of at least 4 members (excludes halogenated alkanes) is 3. The molecule has 5 heteroatoms. The molecule has 2 saturated heterocycles. The first kappa shape index (κ1) is 19.0. The first-order valence-corrected chi connectivity index (χ1v) is 10.8. The van der Waals surface area contributed by atoms with E-state index < -0.39 is 0 Å². The Balaban J connectivity index is 1.19. The molecule has 1 aliphatic carbocycles. The van der Waals surface area contributed by atoms with Crippen molar-refractivity contribution in [2.24, 2.45) is 17.8 Å². The number of piperidine rings is 1. The van der Waals surface area contributed by atoms with Crippen LogP contribution in [0.5, 0.6) is 0 Å². The minimum atomic E-state index is -0.129. The van der Waals surface area contributed by atoms with Crippen LogP contribution in [0, 0.1) is 23.6 Å². The van der Waals surface area contributed by atoms with E-state index in [-0.39, 0.29) is 5.82 Å². The average molecular weight is 376 g/mol. The Bertz CT molecular complexity index is 608. The van der Waals surface area contributed by atoms with Crippen LogP contribution in [0.25, 0.3) is 0 Å². The highest BCUT2D eigenvalue weighted by atomic mass is 19.1. The molecule has 0 aromatic heterocycles. The van der Waals surface area contributed by atoms with Gasteiger partial charge in [0.15, 0.2) is 0 Å². The van der Waals surface area contributed by atoms with Crippen molar-refractivity contribution in [3.63, 3.8) is 0 Å². The van der Waals surface area contributed by atoms with Crippen molar-refractivity contribution in [3.05, 3.63) is 24.0 Å². The average Bonchev–Trinajstić information content (AvgIpc) is 3.14. The first-order chi connectivity index (χ1) is 13.3. The molecule has 1 N–H and O–H groups in total. The fraction of sp³-hybridized carbons (Fsp3) is 0.727. The van der Waals surface area contributed by atoms with E-state index in [0.29, 0.717) is 18.9 Å². The lowest BCUT2D eigenvalue weighted by Crippen LogP contribution is -2.36. The van der Waals surface area contributed by atoms with Crippen molar-refractivity contribution in [3.8, 4) is 0 Å². The van der Waals surface area contributed by atoms with Gasteiger partial charge in [-0.05, 0) is 48.9 Å². The predicted octanol–water partition coefficient (Wildman–Crippen LogP) is 3.83. The van der Waals surface area contributed by atoms with Crippen LogP contribution < -0.4 is 10.2 Å². The zero-order chi connectivity index (χ0) is 18.6. The third-order valence-electron chi connectivity index (χ3n) is 6.62. The largest absolute Gasteiger partial charge is 0.385 e. The fourth-order valence-corrected chi connectivity index (χ4v) is 4.90. The number of halogens is 1. The van der Waals surface area contributed by atoms with Crippen LogP contribution in [0.3, 0.4) is 0 Å². The number of benzene rings is 1. The van der Waals surface area contributed by atoms with Crippen molar-refractivity contribution in [2.45, 2.75) is 32.6 Å². The predicted molar refractivity (Wildman–Crippen MR) is 109 cm³/mol. The summed E-state index contributed by atoms with van der Waals surface area (Å²) >= 11 is 0. The van der Waals surface area contributed by atoms with Gasteiger partial charge >= 0.3 is 0 Å². The Morgan fingerprint density at radius 3 is 2.59 bits per heavy atom. The van der Waals surface area contributed by atoms with Crippen molar-refractivity contribution >= 4 is 11.4 Å². The molecule has 0 radical (unpaired) electrons. The van der Waals surface area contributed by atoms with Gasteiger partial charge in [-0.3, -0.25) is 0 Å². The van der Waals surface area contributed by atoms with Crippen LogP contribution in [0.4, 0.5) is 15.8 Å². The standard InChI is InChI=1S/C22H34FN3O/c1-2-3-4-5-8-25-15-19-18(20(19)16-25)14-24-17-6-7-22(21(23)13-17)26-9-11-27-12-10-26/h6-7,13,18-20,24H,2-5,8-12,14-16H2,1H3. The Kier molecular flexibility index (Phi) is 6.18. The van der Waals surface area contributed by atoms with Gasteiger partial charge in [-0.1, -0.05) is 26.2 Å². The van der Waals surface area contributed by atoms with Gasteiger partial charge in [0.1, 0.15) is 5.82 Å². The quantitative estimate of drug-likeness (QED) is 0.664. The maximum Gasteiger partial charge on any atom is 0.148 e. The zero-order valence-corrected chi connectivity index (χ0v) is 16.6. The minimum Gasteiger partial charge on any atom is -0.385 e. The third-order valence-corrected chi connectivity index (χ3v) is 6.62. The van der Waals surface area contributed by atoms with Crippen LogP contribution in [-0.2, 0) is 4.74 Å². The Labute approximate surface area is 163 Å². The smallest absolute Gasteiger partial charge is 0.148 e. The molecule has 27 heavy (non-hydrogen) atoms. The summed E-state index contributed by atoms with van der Waals surface area (Å²) in [6.07, 6.45) is 5.41. The van der Waals surface area contributed by atoms with E-state index in [1.165, 1.54) is 45.3 Å². The molecule has 1 aromatic rings. The van der Waals surface area contributed by atoms with E-state index in [4.69, 9.17) is 4.74 Å². The van der Waals surface area contributed by atoms with Gasteiger partial charge in [-0.15, -0.1) is 0 Å². The number of likely N-dealkylation sites (tertiary alicyclic amines) is 1. The molecule has 0 bridgehead atoms. The molecule has 3 fully saturated rings. The number of hydrogen-bond donors (Lipinski definition) is 1. The number of nitrogens with one attached hydrogen (secondary N) is 1. The number of ether oxygens (including phenoxy) is 1. The number of morpholine rings is 1. The van der Waals surface area contributed by atoms with Crippen LogP contribution in [0.1, 0.15) is 32.6 Å². The first-order valence-electron chi connectivity index (χ1n) is 10.8. The molecule has 1 aromatic carbocycles. The van der Waals surface area contributed by atoms with Gasteiger partial charge < -0.3 is 19.9 Å². The van der Waals surface area contributed by atoms with E-state index in [0.717, 1.165) is 43.1 Å². The van der Waals surface area contributed by atoms with Crippen LogP contribution >= 0.6 is 0 Å². The zero-order valence-electron chi connectivity index (χ0n) is 16.6. The van der Waals surface area contributed by atoms with E-state index in [2.05, 4.69) is 22.0 Å². The maximum absolute atomic E-state index is 14.5. The second-order valence-electron chi connectivity index (χ2n) is 8.46. The summed E-state index contributed by atoms with van der Waals surface area (Å²) in [5, 5.41) is 3.48. The van der Waals surface area contributed by atoms with Crippen molar-refractivity contribution in [1.29, 1.82) is 0 Å². The SMILES string of the molecule is CCCCCCN1CC2C(CNc3ccc(N4CCOCC4)c(F)c3)C2C1. The summed E-state index contributed by atoms with van der Waals surface area (Å²) in [6.45, 7) is 9.97. The van der Waals surface area contributed by atoms with Gasteiger partial charge in [-0.2, -0.15) is 0 Å². The molecule has 2 heterocycles. The Hall–Kier alpha value is -1.33. The molecule has 0 spiro atoms. The lowest BCUT2D eigenvalue weighted by Gasteiger charge is -2.29. The summed E-state index contributed by atoms with van der Waals surface area (Å²) in [6, 6.07) is 5.59. The monoisotopic (exact) mass is 375 g/mol. The maximum atomic E-state index is 14.5. The second-order valence-corrected chi connectivity index (χ2v) is 8.46. The number of rotatable bonds is 9. The van der Waals surface area contributed by atoms with Gasteiger partial charge in [0.05, 0.1) is 18.9 Å². The van der Waals surface area contributed by atoms with Gasteiger partial charge in [-0.25, -0.2) is 4.39 Å². The van der Waals surface area contributed by atoms with Crippen LogP contribution in [-0.4, -0.2) is 57.4 Å². The molecule has 2 atom stereocenters. The lowest BCUT2D eigenvalue weighted by molar-refractivity contribution is 0.122. The molecule has 1 saturated carbocycles. The van der Waals surface area contributed by atoms with E-state index in [9.17, 15) is 4.39 Å². The second kappa shape index (κ2) is 8.78. The molecule has 2 unspecified atom stereocenters. The Morgan fingerprint density at radius 1 is 1.11 bits per heavy atom. The summed E-state index contributed by atoms with van der Waals surface area (Å²) in [4.78, 5) is 4.72. The highest BCUT2D eigenvalue weighted by molar-refractivity contribution is 5.56. The van der Waals surface area contributed by atoms with Crippen LogP contribution in [0.15, 0.2) is 18.2 Å². The van der Waals surface area contributed by atoms with Gasteiger partial charge in [0.2, 0.25) is 0 Å². The van der Waals surface area contributed by atoms with Crippen LogP contribution in [0.2, 0.25) is 0 Å². The summed E-state index contributed by atoms with van der Waals surface area (Å²) in [7, 11) is 0. The fourth-order valence-electron chi connectivity index (χ4n) is 4.90. The minimum absolute atomic E-state index is 0.129. The van der Waals surface area contributed by atoms with E-state index >= 15 is 0 Å². The van der Waals surface area contributed by atoms with Gasteiger partial charge in [0.25, 0.3) is 0 Å². The molecular weight excluding hydrogens is 341 g/mol. The highest BCUT2D eigenvalue weighted by Gasteiger charge is 2.54. The summed E-state index contributed by atoms with van der Waals surface area (Å²) in [5.41, 5.74) is 1.61.